The Morgan fingerprint density at radius 3 is 1.20 bits per heavy atom. The lowest BCUT2D eigenvalue weighted by molar-refractivity contribution is 0.102. The van der Waals surface area contributed by atoms with Crippen molar-refractivity contribution in [3.05, 3.63) is 179 Å². The molecule has 10 nitrogen and oxygen atoms in total. The Labute approximate surface area is 292 Å². The van der Waals surface area contributed by atoms with Crippen LogP contribution in [0.1, 0.15) is 43.0 Å². The molecule has 6 rings (SSSR count). The molecule has 0 unspecified atom stereocenters. The van der Waals surface area contributed by atoms with Crippen molar-refractivity contribution in [2.24, 2.45) is 0 Å². The average molecular weight is 679 g/mol. The van der Waals surface area contributed by atoms with Gasteiger partial charge in [0.05, 0.1) is 11.1 Å². The van der Waals surface area contributed by atoms with Crippen LogP contribution in [0.5, 0.6) is 23.0 Å². The van der Waals surface area contributed by atoms with Gasteiger partial charge in [-0.15, -0.1) is 0 Å². The van der Waals surface area contributed by atoms with Crippen molar-refractivity contribution < 1.29 is 38.9 Å². The van der Waals surface area contributed by atoms with Crippen LogP contribution >= 0.6 is 0 Å². The molecule has 6 aromatic carbocycles. The number of hydrogen-bond acceptors (Lipinski definition) is 8. The molecule has 0 aliphatic rings. The fourth-order valence-electron chi connectivity index (χ4n) is 5.17. The second-order valence-corrected chi connectivity index (χ2v) is 11.3. The first-order valence-corrected chi connectivity index (χ1v) is 15.7. The number of ketones is 2. The van der Waals surface area contributed by atoms with E-state index in [1.807, 2.05) is 24.3 Å². The molecular weight excluding hydrogens is 648 g/mol. The number of anilines is 2. The van der Waals surface area contributed by atoms with Gasteiger partial charge < -0.3 is 19.7 Å². The van der Waals surface area contributed by atoms with Gasteiger partial charge in [-0.2, -0.15) is 0 Å². The highest BCUT2D eigenvalue weighted by Crippen LogP contribution is 2.28. The fraction of sp³-hybridized carbons (Fsp3) is 0.0244. The van der Waals surface area contributed by atoms with Crippen molar-refractivity contribution >= 4 is 35.1 Å². The third kappa shape index (κ3) is 8.64. The Bertz CT molecular complexity index is 2040. The number of phenols is 2. The van der Waals surface area contributed by atoms with E-state index in [0.717, 1.165) is 11.1 Å². The zero-order chi connectivity index (χ0) is 35.7. The fourth-order valence-corrected chi connectivity index (χ4v) is 5.17. The number of aromatic hydroxyl groups is 2. The highest BCUT2D eigenvalue weighted by Gasteiger charge is 2.17. The van der Waals surface area contributed by atoms with Gasteiger partial charge in [-0.1, -0.05) is 84.9 Å². The van der Waals surface area contributed by atoms with Crippen LogP contribution in [-0.2, 0) is 6.42 Å². The Balaban J connectivity index is 0.973. The lowest BCUT2D eigenvalue weighted by Crippen LogP contribution is -2.17. The van der Waals surface area contributed by atoms with E-state index in [1.54, 1.807) is 84.9 Å². The highest BCUT2D eigenvalue weighted by molar-refractivity contribution is 6.11. The summed E-state index contributed by atoms with van der Waals surface area (Å²) >= 11 is 0. The third-order valence-corrected chi connectivity index (χ3v) is 7.73. The smallest absolute Gasteiger partial charge is 0.417 e. The number of amides is 2. The predicted octanol–water partition coefficient (Wildman–Crippen LogP) is 8.37. The second kappa shape index (κ2) is 15.3. The van der Waals surface area contributed by atoms with Gasteiger partial charge in [0.1, 0.15) is 23.0 Å². The minimum atomic E-state index is -0.766. The molecule has 0 aliphatic carbocycles. The summed E-state index contributed by atoms with van der Waals surface area (Å²) in [5.74, 6) is -1.16. The Hall–Kier alpha value is -7.20. The van der Waals surface area contributed by atoms with Crippen molar-refractivity contribution in [3.8, 4) is 23.0 Å². The van der Waals surface area contributed by atoms with E-state index in [4.69, 9.17) is 9.47 Å². The number of hydrogen-bond donors (Lipinski definition) is 4. The maximum absolute atomic E-state index is 12.6. The van der Waals surface area contributed by atoms with Crippen LogP contribution in [0.15, 0.2) is 146 Å². The molecule has 2 amide bonds. The van der Waals surface area contributed by atoms with Crippen LogP contribution in [0.3, 0.4) is 0 Å². The average Bonchev–Trinajstić information content (AvgIpc) is 3.13. The molecule has 0 saturated heterocycles. The summed E-state index contributed by atoms with van der Waals surface area (Å²) in [5, 5.41) is 26.0. The number of ether oxygens (including phenoxy) is 2. The standard InChI is InChI=1S/C41H30N2O8/c44-36-24-32(19-21-34(36)38(46)28-7-3-1-4-8-28)50-40(48)42-30-15-11-26(12-16-30)23-27-13-17-31(18-14-27)43-41(49)51-33-20-22-35(37(45)25-33)39(47)29-9-5-2-6-10-29/h1-22,24-25,44-45H,23H2,(H,42,48)(H,43,49). The van der Waals surface area contributed by atoms with Gasteiger partial charge in [0.25, 0.3) is 0 Å². The molecule has 0 aliphatic heterocycles. The van der Waals surface area contributed by atoms with Crippen molar-refractivity contribution in [2.75, 3.05) is 10.6 Å². The van der Waals surface area contributed by atoms with Crippen LogP contribution in [0.4, 0.5) is 21.0 Å². The van der Waals surface area contributed by atoms with Crippen LogP contribution in [0, 0.1) is 0 Å². The van der Waals surface area contributed by atoms with Gasteiger partial charge in [-0.25, -0.2) is 9.59 Å². The Morgan fingerprint density at radius 2 is 0.843 bits per heavy atom. The second-order valence-electron chi connectivity index (χ2n) is 11.3. The van der Waals surface area contributed by atoms with Crippen LogP contribution in [0.2, 0.25) is 0 Å². The summed E-state index contributed by atoms with van der Waals surface area (Å²) < 4.78 is 10.6. The highest BCUT2D eigenvalue weighted by atomic mass is 16.6. The first kappa shape index (κ1) is 33.7. The zero-order valence-electron chi connectivity index (χ0n) is 26.9. The molecule has 0 saturated carbocycles. The van der Waals surface area contributed by atoms with E-state index < -0.39 is 12.2 Å². The Morgan fingerprint density at radius 1 is 0.471 bits per heavy atom. The number of carbonyl (C=O) groups is 4. The van der Waals surface area contributed by atoms with E-state index in [0.29, 0.717) is 28.9 Å². The van der Waals surface area contributed by atoms with E-state index in [1.165, 1.54) is 36.4 Å². The third-order valence-electron chi connectivity index (χ3n) is 7.73. The molecule has 10 heteroatoms. The molecule has 0 radical (unpaired) electrons. The normalized spacial score (nSPS) is 10.5. The van der Waals surface area contributed by atoms with Crippen LogP contribution < -0.4 is 20.1 Å². The number of nitrogens with one attached hydrogen (secondary N) is 2. The summed E-state index contributed by atoms with van der Waals surface area (Å²) in [6.07, 6.45) is -0.952. The van der Waals surface area contributed by atoms with Gasteiger partial charge in [0.15, 0.2) is 11.6 Å². The van der Waals surface area contributed by atoms with Crippen LogP contribution in [0.25, 0.3) is 0 Å². The van der Waals surface area contributed by atoms with Gasteiger partial charge in [0, 0.05) is 34.6 Å². The predicted molar refractivity (Wildman–Crippen MR) is 191 cm³/mol. The molecule has 0 heterocycles. The van der Waals surface area contributed by atoms with Crippen molar-refractivity contribution in [2.45, 2.75) is 6.42 Å². The lowest BCUT2D eigenvalue weighted by Gasteiger charge is -2.10. The van der Waals surface area contributed by atoms with Crippen molar-refractivity contribution in [1.82, 2.24) is 0 Å². The molecule has 252 valence electrons. The minimum absolute atomic E-state index is 0.0719. The van der Waals surface area contributed by atoms with Gasteiger partial charge in [-0.3, -0.25) is 20.2 Å². The van der Waals surface area contributed by atoms with Crippen molar-refractivity contribution in [3.63, 3.8) is 0 Å². The molecule has 0 atom stereocenters. The van der Waals surface area contributed by atoms with Gasteiger partial charge in [-0.05, 0) is 66.1 Å². The monoisotopic (exact) mass is 678 g/mol. The molecule has 4 N–H and O–H groups in total. The minimum Gasteiger partial charge on any atom is -0.507 e. The molecule has 0 fully saturated rings. The summed E-state index contributed by atoms with van der Waals surface area (Å²) in [6, 6.07) is 39.5. The molecule has 0 bridgehead atoms. The molecule has 0 aromatic heterocycles. The summed E-state index contributed by atoms with van der Waals surface area (Å²) in [7, 11) is 0. The maximum Gasteiger partial charge on any atom is 0.417 e. The first-order valence-electron chi connectivity index (χ1n) is 15.7. The van der Waals surface area contributed by atoms with Crippen molar-refractivity contribution in [1.29, 1.82) is 0 Å². The molecule has 0 spiro atoms. The topological polar surface area (TPSA) is 151 Å². The SMILES string of the molecule is O=C(Nc1ccc(Cc2ccc(NC(=O)Oc3ccc(C(=O)c4ccccc4)c(O)c3)cc2)cc1)Oc1ccc(C(=O)c2ccccc2)c(O)c1. The van der Waals surface area contributed by atoms with E-state index >= 15 is 0 Å². The zero-order valence-corrected chi connectivity index (χ0v) is 26.9. The van der Waals surface area contributed by atoms with E-state index in [-0.39, 0.29) is 45.7 Å². The summed E-state index contributed by atoms with van der Waals surface area (Å²) in [5.41, 5.74) is 3.96. The number of rotatable bonds is 10. The van der Waals surface area contributed by atoms with E-state index in [9.17, 15) is 29.4 Å². The number of carbonyl (C=O) groups excluding carboxylic acids is 4. The number of benzene rings is 6. The maximum atomic E-state index is 12.6. The quantitative estimate of drug-likeness (QED) is 0.106. The first-order chi connectivity index (χ1) is 24.7. The summed E-state index contributed by atoms with van der Waals surface area (Å²) in [4.78, 5) is 50.2. The number of phenolic OH excluding ortho intramolecular Hbond substituents is 2. The molecule has 6 aromatic rings. The van der Waals surface area contributed by atoms with Gasteiger partial charge in [0.2, 0.25) is 0 Å². The van der Waals surface area contributed by atoms with E-state index in [2.05, 4.69) is 10.6 Å². The van der Waals surface area contributed by atoms with Gasteiger partial charge >= 0.3 is 12.2 Å². The van der Waals surface area contributed by atoms with Crippen LogP contribution in [-0.4, -0.2) is 34.0 Å². The summed E-state index contributed by atoms with van der Waals surface area (Å²) in [6.45, 7) is 0. The largest absolute Gasteiger partial charge is 0.507 e. The Kier molecular flexibility index (Phi) is 10.1. The lowest BCUT2D eigenvalue weighted by atomic mass is 10.0. The molecular formula is C41H30N2O8. The molecule has 51 heavy (non-hydrogen) atoms.